The Bertz CT molecular complexity index is 1210. The van der Waals surface area contributed by atoms with Crippen LogP contribution in [0.5, 0.6) is 0 Å². The summed E-state index contributed by atoms with van der Waals surface area (Å²) in [6.07, 6.45) is 0. The van der Waals surface area contributed by atoms with E-state index >= 15 is 0 Å². The highest BCUT2D eigenvalue weighted by Gasteiger charge is 2.12. The highest BCUT2D eigenvalue weighted by Crippen LogP contribution is 2.19. The molecule has 33 heavy (non-hydrogen) atoms. The number of benzene rings is 3. The van der Waals surface area contributed by atoms with Crippen LogP contribution in [-0.4, -0.2) is 22.8 Å². The number of carbonyl (C=O) groups is 3. The summed E-state index contributed by atoms with van der Waals surface area (Å²) in [5, 5.41) is 5.69. The molecule has 0 aliphatic carbocycles. The molecule has 0 spiro atoms. The van der Waals surface area contributed by atoms with E-state index in [4.69, 9.17) is 35.4 Å². The minimum atomic E-state index is -0.542. The van der Waals surface area contributed by atoms with Gasteiger partial charge in [0, 0.05) is 32.4 Å². The van der Waals surface area contributed by atoms with Gasteiger partial charge >= 0.3 is 0 Å². The first kappa shape index (κ1) is 24.2. The van der Waals surface area contributed by atoms with E-state index in [1.807, 2.05) is 19.1 Å². The molecule has 0 fully saturated rings. The number of aryl methyl sites for hydroxylation is 1. The van der Waals surface area contributed by atoms with E-state index < -0.39 is 11.8 Å². The molecule has 0 atom stereocenters. The van der Waals surface area contributed by atoms with Crippen LogP contribution >= 0.6 is 35.4 Å². The van der Waals surface area contributed by atoms with Gasteiger partial charge in [0.15, 0.2) is 5.11 Å². The molecule has 3 aromatic carbocycles. The van der Waals surface area contributed by atoms with Crippen LogP contribution in [0.1, 0.15) is 36.6 Å². The predicted molar refractivity (Wildman–Crippen MR) is 133 cm³/mol. The van der Waals surface area contributed by atoms with Gasteiger partial charge in [-0.15, -0.1) is 0 Å². The minimum absolute atomic E-state index is 0.119. The van der Waals surface area contributed by atoms with Crippen molar-refractivity contribution in [3.63, 3.8) is 0 Å². The summed E-state index contributed by atoms with van der Waals surface area (Å²) in [4.78, 5) is 36.9. The fourth-order valence-electron chi connectivity index (χ4n) is 2.81. The van der Waals surface area contributed by atoms with E-state index in [2.05, 4.69) is 21.5 Å². The maximum absolute atomic E-state index is 12.4. The van der Waals surface area contributed by atoms with Gasteiger partial charge in [-0.2, -0.15) is 0 Å². The molecule has 0 heterocycles. The predicted octanol–water partition coefficient (Wildman–Crippen LogP) is 4.50. The molecule has 0 aromatic heterocycles. The average Bonchev–Trinajstić information content (AvgIpc) is 2.77. The van der Waals surface area contributed by atoms with Gasteiger partial charge in [-0.25, -0.2) is 0 Å². The molecular weight excluding hydrogens is 483 g/mol. The fraction of sp³-hybridized carbons (Fsp3) is 0.0435. The Hall–Kier alpha value is -3.46. The monoisotopic (exact) mass is 500 g/mol. The number of rotatable bonds is 4. The standard InChI is InChI=1S/C23H18Cl2N4O3S/c1-13-4-2-3-5-19(13)22(32)26-18-8-6-14(7-9-18)21(31)28-29-23(33)27-20(30)15-10-16(24)12-17(25)11-15/h2-12H,1H3,(H,26,32)(H,28,31)(H2,27,29,30,33). The zero-order valence-corrected chi connectivity index (χ0v) is 19.6. The Labute approximate surface area is 205 Å². The van der Waals surface area contributed by atoms with E-state index in [0.717, 1.165) is 5.56 Å². The van der Waals surface area contributed by atoms with Crippen LogP contribution in [0.2, 0.25) is 10.0 Å². The summed E-state index contributed by atoms with van der Waals surface area (Å²) in [5.74, 6) is -1.27. The van der Waals surface area contributed by atoms with Gasteiger partial charge in [-0.1, -0.05) is 41.4 Å². The van der Waals surface area contributed by atoms with E-state index in [-0.39, 0.29) is 16.6 Å². The maximum Gasteiger partial charge on any atom is 0.269 e. The molecular formula is C23H18Cl2N4O3S. The van der Waals surface area contributed by atoms with Crippen molar-refractivity contribution in [3.8, 4) is 0 Å². The van der Waals surface area contributed by atoms with E-state index in [1.54, 1.807) is 36.4 Å². The van der Waals surface area contributed by atoms with Crippen molar-refractivity contribution in [2.45, 2.75) is 6.92 Å². The van der Waals surface area contributed by atoms with E-state index in [9.17, 15) is 14.4 Å². The molecule has 0 unspecified atom stereocenters. The molecule has 4 N–H and O–H groups in total. The first-order chi connectivity index (χ1) is 15.7. The van der Waals surface area contributed by atoms with Crippen LogP contribution in [0.4, 0.5) is 5.69 Å². The number of hydrogen-bond donors (Lipinski definition) is 4. The number of hydrogen-bond acceptors (Lipinski definition) is 4. The fourth-order valence-corrected chi connectivity index (χ4v) is 3.48. The lowest BCUT2D eigenvalue weighted by atomic mass is 10.1. The Morgan fingerprint density at radius 1 is 0.758 bits per heavy atom. The summed E-state index contributed by atoms with van der Waals surface area (Å²) in [6.45, 7) is 1.85. The number of thiocarbonyl (C=S) groups is 1. The molecule has 3 rings (SSSR count). The molecule has 0 radical (unpaired) electrons. The van der Waals surface area contributed by atoms with Crippen LogP contribution in [0, 0.1) is 6.92 Å². The second-order valence-electron chi connectivity index (χ2n) is 6.87. The summed E-state index contributed by atoms with van der Waals surface area (Å²) in [5.41, 5.74) is 7.33. The number of carbonyl (C=O) groups excluding carboxylic acids is 3. The number of nitrogens with one attached hydrogen (secondary N) is 4. The number of anilines is 1. The SMILES string of the molecule is Cc1ccccc1C(=O)Nc1ccc(C(=O)NNC(=S)NC(=O)c2cc(Cl)cc(Cl)c2)cc1. The third kappa shape index (κ3) is 6.76. The highest BCUT2D eigenvalue weighted by molar-refractivity contribution is 7.80. The van der Waals surface area contributed by atoms with E-state index in [0.29, 0.717) is 26.9 Å². The molecule has 3 aromatic rings. The third-order valence-electron chi connectivity index (χ3n) is 4.44. The molecule has 10 heteroatoms. The smallest absolute Gasteiger partial charge is 0.269 e. The molecule has 0 aliphatic heterocycles. The second kappa shape index (κ2) is 10.9. The average molecular weight is 501 g/mol. The molecule has 7 nitrogen and oxygen atoms in total. The lowest BCUT2D eigenvalue weighted by Gasteiger charge is -2.12. The molecule has 3 amide bonds. The van der Waals surface area contributed by atoms with Crippen LogP contribution in [0.25, 0.3) is 0 Å². The lowest BCUT2D eigenvalue weighted by molar-refractivity contribution is 0.0934. The molecule has 168 valence electrons. The summed E-state index contributed by atoms with van der Waals surface area (Å²) in [7, 11) is 0. The Balaban J connectivity index is 1.52. The Morgan fingerprint density at radius 3 is 2.03 bits per heavy atom. The topological polar surface area (TPSA) is 99.3 Å². The molecule has 0 bridgehead atoms. The van der Waals surface area contributed by atoms with Crippen molar-refractivity contribution in [2.24, 2.45) is 0 Å². The summed E-state index contributed by atoms with van der Waals surface area (Å²) in [6, 6.07) is 17.9. The summed E-state index contributed by atoms with van der Waals surface area (Å²) >= 11 is 16.8. The Morgan fingerprint density at radius 2 is 1.39 bits per heavy atom. The van der Waals surface area contributed by atoms with Crippen LogP contribution in [0.15, 0.2) is 66.7 Å². The van der Waals surface area contributed by atoms with E-state index in [1.165, 1.54) is 18.2 Å². The maximum atomic E-state index is 12.4. The van der Waals surface area contributed by atoms with Gasteiger partial charge in [0.25, 0.3) is 17.7 Å². The van der Waals surface area contributed by atoms with Crippen LogP contribution in [0.3, 0.4) is 0 Å². The zero-order chi connectivity index (χ0) is 24.0. The largest absolute Gasteiger partial charge is 0.322 e. The van der Waals surface area contributed by atoms with Crippen molar-refractivity contribution in [1.82, 2.24) is 16.2 Å². The first-order valence-electron chi connectivity index (χ1n) is 9.58. The number of amides is 3. The van der Waals surface area contributed by atoms with Crippen LogP contribution in [-0.2, 0) is 0 Å². The van der Waals surface area contributed by atoms with Gasteiger partial charge in [0.05, 0.1) is 0 Å². The number of hydrazine groups is 1. The summed E-state index contributed by atoms with van der Waals surface area (Å²) < 4.78 is 0. The van der Waals surface area contributed by atoms with Gasteiger partial charge in [-0.05, 0) is 73.2 Å². The Kier molecular flexibility index (Phi) is 8.00. The van der Waals surface area contributed by atoms with Crippen molar-refractivity contribution in [1.29, 1.82) is 0 Å². The van der Waals surface area contributed by atoms with Crippen molar-refractivity contribution in [2.75, 3.05) is 5.32 Å². The van der Waals surface area contributed by atoms with Crippen LogP contribution < -0.4 is 21.5 Å². The zero-order valence-electron chi connectivity index (χ0n) is 17.2. The highest BCUT2D eigenvalue weighted by atomic mass is 35.5. The second-order valence-corrected chi connectivity index (χ2v) is 8.15. The van der Waals surface area contributed by atoms with Crippen molar-refractivity contribution < 1.29 is 14.4 Å². The normalized spacial score (nSPS) is 10.2. The van der Waals surface area contributed by atoms with Crippen molar-refractivity contribution in [3.05, 3.63) is 99.0 Å². The lowest BCUT2D eigenvalue weighted by Crippen LogP contribution is -2.48. The quantitative estimate of drug-likeness (QED) is 0.312. The number of halogens is 2. The van der Waals surface area contributed by atoms with Gasteiger partial charge in [0.2, 0.25) is 0 Å². The van der Waals surface area contributed by atoms with Gasteiger partial charge in [0.1, 0.15) is 0 Å². The van der Waals surface area contributed by atoms with Gasteiger partial charge in [-0.3, -0.25) is 30.6 Å². The van der Waals surface area contributed by atoms with Crippen molar-refractivity contribution >= 4 is 63.9 Å². The third-order valence-corrected chi connectivity index (χ3v) is 5.08. The minimum Gasteiger partial charge on any atom is -0.322 e. The molecule has 0 aliphatic rings. The molecule has 0 saturated heterocycles. The molecule has 0 saturated carbocycles. The first-order valence-corrected chi connectivity index (χ1v) is 10.7. The van der Waals surface area contributed by atoms with Gasteiger partial charge < -0.3 is 5.32 Å².